The van der Waals surface area contributed by atoms with Crippen LogP contribution in [0.5, 0.6) is 0 Å². The Morgan fingerprint density at radius 2 is 1.08 bits per heavy atom. The van der Waals surface area contributed by atoms with Gasteiger partial charge in [0.15, 0.2) is 6.71 Å². The first-order chi connectivity index (χ1) is 31.7. The summed E-state index contributed by atoms with van der Waals surface area (Å²) >= 11 is 0. The third-order valence-corrected chi connectivity index (χ3v) is 14.1. The summed E-state index contributed by atoms with van der Waals surface area (Å²) in [6.45, 7) is 0.513. The van der Waals surface area contributed by atoms with E-state index in [2.05, 4.69) is 234 Å². The molecular weight excluding hydrogens is 771 g/mol. The van der Waals surface area contributed by atoms with Gasteiger partial charge in [0.1, 0.15) is 0 Å². The average molecular weight is 815 g/mol. The standard InChI is InChI=1S/C61H43BN2/c1-4-14-41(15-5-1)42-28-32-49(33-29-42)63(57-35-31-45-27-26-43-16-12-17-44-30-34-54(57)60(45)59(43)44)50-38-55(52-24-13-18-46-40-62(37-36-51(46)52)47-19-6-2-7-20-47)61-53-23-10-11-25-56(53)64(58(61)39-50)48-21-8-3-9-22-48/h1-35,38-39H,36-37,40H2. The highest BCUT2D eigenvalue weighted by molar-refractivity contribution is 6.73. The first kappa shape index (κ1) is 36.7. The molecule has 0 atom stereocenters. The molecule has 1 aliphatic rings. The third-order valence-electron chi connectivity index (χ3n) is 14.1. The normalized spacial score (nSPS) is 12.8. The quantitative estimate of drug-likeness (QED) is 0.115. The molecule has 2 heterocycles. The summed E-state index contributed by atoms with van der Waals surface area (Å²) in [4.78, 5) is 2.53. The van der Waals surface area contributed by atoms with Crippen LogP contribution in [0, 0.1) is 0 Å². The number of benzene rings is 11. The molecule has 0 amide bonds. The van der Waals surface area contributed by atoms with E-state index in [9.17, 15) is 0 Å². The zero-order valence-corrected chi connectivity index (χ0v) is 35.5. The molecule has 0 fully saturated rings. The van der Waals surface area contributed by atoms with Crippen LogP contribution in [0.25, 0.3) is 82.1 Å². The predicted molar refractivity (Wildman–Crippen MR) is 274 cm³/mol. The minimum absolute atomic E-state index is 0.513. The largest absolute Gasteiger partial charge is 0.310 e. The monoisotopic (exact) mass is 814 g/mol. The molecule has 0 aliphatic carbocycles. The molecule has 0 radical (unpaired) electrons. The van der Waals surface area contributed by atoms with E-state index >= 15 is 0 Å². The molecule has 300 valence electrons. The highest BCUT2D eigenvalue weighted by Gasteiger charge is 2.28. The zero-order chi connectivity index (χ0) is 42.1. The van der Waals surface area contributed by atoms with Crippen LogP contribution in [0.2, 0.25) is 6.32 Å². The summed E-state index contributed by atoms with van der Waals surface area (Å²) < 4.78 is 2.49. The van der Waals surface area contributed by atoms with E-state index in [-0.39, 0.29) is 0 Å². The predicted octanol–water partition coefficient (Wildman–Crippen LogP) is 15.5. The first-order valence-electron chi connectivity index (χ1n) is 22.7. The van der Waals surface area contributed by atoms with Crippen LogP contribution in [0.1, 0.15) is 11.1 Å². The molecule has 12 aromatic rings. The van der Waals surface area contributed by atoms with Crippen molar-refractivity contribution in [1.82, 2.24) is 4.57 Å². The van der Waals surface area contributed by atoms with Crippen LogP contribution in [0.3, 0.4) is 0 Å². The molecule has 1 aromatic heterocycles. The van der Waals surface area contributed by atoms with Crippen LogP contribution in [-0.4, -0.2) is 11.3 Å². The van der Waals surface area contributed by atoms with Crippen molar-refractivity contribution in [1.29, 1.82) is 0 Å². The second-order valence-electron chi connectivity index (χ2n) is 17.6. The Labute approximate surface area is 373 Å². The maximum Gasteiger partial charge on any atom is 0.180 e. The minimum Gasteiger partial charge on any atom is -0.310 e. The highest BCUT2D eigenvalue weighted by Crippen LogP contribution is 2.49. The fraction of sp³-hybridized carbons (Fsp3) is 0.0492. The lowest BCUT2D eigenvalue weighted by molar-refractivity contribution is 1.03. The molecule has 64 heavy (non-hydrogen) atoms. The SMILES string of the molecule is c1ccc(B2CCc3c(cccc3-c3cc(N(c4ccc(-c5ccccc5)cc4)c4ccc5ccc6cccc7ccc4c5c67)cc4c3c3ccccc3n4-c3ccccc3)C2)cc1. The molecule has 11 aromatic carbocycles. The Bertz CT molecular complexity index is 3670. The molecule has 13 rings (SSSR count). The van der Waals surface area contributed by atoms with Crippen LogP contribution in [-0.2, 0) is 12.7 Å². The Hall–Kier alpha value is -7.88. The molecule has 0 N–H and O–H groups in total. The number of anilines is 3. The lowest BCUT2D eigenvalue weighted by atomic mass is 9.37. The van der Waals surface area contributed by atoms with Crippen LogP contribution < -0.4 is 10.4 Å². The van der Waals surface area contributed by atoms with E-state index in [1.165, 1.54) is 93.0 Å². The average Bonchev–Trinajstić information content (AvgIpc) is 3.71. The number of rotatable bonds is 7. The molecule has 3 heteroatoms. The molecule has 2 nitrogen and oxygen atoms in total. The van der Waals surface area contributed by atoms with E-state index in [4.69, 9.17) is 0 Å². The number of aromatic nitrogens is 1. The summed E-state index contributed by atoms with van der Waals surface area (Å²) in [5, 5.41) is 10.2. The highest BCUT2D eigenvalue weighted by atomic mass is 15.1. The van der Waals surface area contributed by atoms with Gasteiger partial charge in [0.2, 0.25) is 0 Å². The van der Waals surface area contributed by atoms with Crippen molar-refractivity contribution in [2.75, 3.05) is 4.90 Å². The van der Waals surface area contributed by atoms with Crippen molar-refractivity contribution < 1.29 is 0 Å². The van der Waals surface area contributed by atoms with Crippen molar-refractivity contribution >= 4 is 83.4 Å². The number of fused-ring (bicyclic) bond motifs is 4. The van der Waals surface area contributed by atoms with Crippen LogP contribution in [0.4, 0.5) is 17.1 Å². The Kier molecular flexibility index (Phi) is 8.55. The van der Waals surface area contributed by atoms with Gasteiger partial charge in [-0.2, -0.15) is 0 Å². The summed E-state index contributed by atoms with van der Waals surface area (Å²) in [7, 11) is 0. The second kappa shape index (κ2) is 14.9. The zero-order valence-electron chi connectivity index (χ0n) is 35.5. The van der Waals surface area contributed by atoms with Crippen molar-refractivity contribution in [3.8, 4) is 27.9 Å². The molecule has 0 spiro atoms. The molecule has 0 saturated heterocycles. The molecule has 0 saturated carbocycles. The number of para-hydroxylation sites is 2. The van der Waals surface area contributed by atoms with Gasteiger partial charge < -0.3 is 9.47 Å². The molecule has 0 unspecified atom stereocenters. The lowest BCUT2D eigenvalue weighted by Crippen LogP contribution is -2.36. The van der Waals surface area contributed by atoms with E-state index in [0.29, 0.717) is 6.71 Å². The first-order valence-corrected chi connectivity index (χ1v) is 22.7. The fourth-order valence-corrected chi connectivity index (χ4v) is 11.1. The van der Waals surface area contributed by atoms with E-state index in [1.807, 2.05) is 0 Å². The van der Waals surface area contributed by atoms with Gasteiger partial charge >= 0.3 is 0 Å². The smallest absolute Gasteiger partial charge is 0.180 e. The summed E-state index contributed by atoms with van der Waals surface area (Å²) in [6.07, 6.45) is 3.21. The third kappa shape index (κ3) is 5.88. The Morgan fingerprint density at radius 1 is 0.422 bits per heavy atom. The Morgan fingerprint density at radius 3 is 1.88 bits per heavy atom. The van der Waals surface area contributed by atoms with Crippen molar-refractivity contribution in [2.45, 2.75) is 19.1 Å². The minimum atomic E-state index is 0.513. The van der Waals surface area contributed by atoms with E-state index < -0.39 is 0 Å². The van der Waals surface area contributed by atoms with Crippen molar-refractivity contribution in [3.05, 3.63) is 236 Å². The second-order valence-corrected chi connectivity index (χ2v) is 17.6. The fourth-order valence-electron chi connectivity index (χ4n) is 11.1. The molecule has 1 aliphatic heterocycles. The van der Waals surface area contributed by atoms with E-state index in [0.717, 1.165) is 41.8 Å². The van der Waals surface area contributed by atoms with Crippen molar-refractivity contribution in [3.63, 3.8) is 0 Å². The van der Waals surface area contributed by atoms with Crippen LogP contribution >= 0.6 is 0 Å². The molecule has 0 bridgehead atoms. The summed E-state index contributed by atoms with van der Waals surface area (Å²) in [5.74, 6) is 0. The number of hydrogen-bond donors (Lipinski definition) is 0. The van der Waals surface area contributed by atoms with Gasteiger partial charge in [0, 0.05) is 33.2 Å². The summed E-state index contributed by atoms with van der Waals surface area (Å²) in [6, 6.07) is 83.5. The van der Waals surface area contributed by atoms with E-state index in [1.54, 1.807) is 0 Å². The maximum atomic E-state index is 2.53. The lowest BCUT2D eigenvalue weighted by Gasteiger charge is -2.29. The topological polar surface area (TPSA) is 8.17 Å². The van der Waals surface area contributed by atoms with Gasteiger partial charge in [0.25, 0.3) is 0 Å². The number of nitrogens with zero attached hydrogens (tertiary/aromatic N) is 2. The molecular formula is C61H43BN2. The van der Waals surface area contributed by atoms with Gasteiger partial charge in [-0.05, 0) is 116 Å². The Balaban J connectivity index is 1.11. The van der Waals surface area contributed by atoms with Crippen molar-refractivity contribution in [2.24, 2.45) is 0 Å². The van der Waals surface area contributed by atoms with Crippen LogP contribution in [0.15, 0.2) is 224 Å². The maximum absolute atomic E-state index is 2.53. The summed E-state index contributed by atoms with van der Waals surface area (Å²) in [5.41, 5.74) is 16.3. The van der Waals surface area contributed by atoms with Gasteiger partial charge in [-0.25, -0.2) is 0 Å². The van der Waals surface area contributed by atoms with Gasteiger partial charge in [-0.15, -0.1) is 0 Å². The van der Waals surface area contributed by atoms with Gasteiger partial charge in [0.05, 0.1) is 16.7 Å². The number of hydrogen-bond acceptors (Lipinski definition) is 1. The van der Waals surface area contributed by atoms with Gasteiger partial charge in [-0.3, -0.25) is 0 Å². The van der Waals surface area contributed by atoms with Gasteiger partial charge in [-0.1, -0.05) is 193 Å².